The molecule has 0 aliphatic carbocycles. The first-order chi connectivity index (χ1) is 11.6. The third-order valence-corrected chi connectivity index (χ3v) is 4.63. The number of halogens is 1. The highest BCUT2D eigenvalue weighted by atomic mass is 35.5. The third kappa shape index (κ3) is 5.41. The highest BCUT2D eigenvalue weighted by Gasteiger charge is 2.26. The van der Waals surface area contributed by atoms with Crippen LogP contribution in [0.2, 0.25) is 0 Å². The molecule has 0 N–H and O–H groups in total. The van der Waals surface area contributed by atoms with Gasteiger partial charge in [0, 0.05) is 26.2 Å². The molecule has 1 aliphatic rings. The van der Waals surface area contributed by atoms with Crippen LogP contribution in [0.1, 0.15) is 25.3 Å². The molecule has 0 atom stereocenters. The molecule has 0 bridgehead atoms. The molecule has 1 heterocycles. The lowest BCUT2D eigenvalue weighted by Gasteiger charge is -2.34. The van der Waals surface area contributed by atoms with Crippen molar-refractivity contribution in [1.29, 1.82) is 0 Å². The molecule has 1 aliphatic heterocycles. The van der Waals surface area contributed by atoms with E-state index in [0.29, 0.717) is 32.2 Å². The third-order valence-electron chi connectivity index (χ3n) is 4.41. The van der Waals surface area contributed by atoms with Gasteiger partial charge in [-0.25, -0.2) is 4.79 Å². The largest absolute Gasteiger partial charge is 0.445 e. The molecule has 2 rings (SSSR count). The van der Waals surface area contributed by atoms with Gasteiger partial charge in [-0.3, -0.25) is 4.79 Å². The van der Waals surface area contributed by atoms with E-state index < -0.39 is 0 Å². The van der Waals surface area contributed by atoms with E-state index in [9.17, 15) is 9.59 Å². The van der Waals surface area contributed by atoms with Gasteiger partial charge in [-0.05, 0) is 31.2 Å². The standard InChI is InChI=1S/C18H25ClN2O3/c1-2-20(17(22)12-19)13-15-8-10-21(11-9-15)18(23)24-14-16-6-4-3-5-7-16/h3-7,15H,2,8-14H2,1H3. The zero-order valence-corrected chi connectivity index (χ0v) is 14.9. The van der Waals surface area contributed by atoms with Crippen LogP contribution in [0.3, 0.4) is 0 Å². The average Bonchev–Trinajstić information content (AvgIpc) is 2.64. The van der Waals surface area contributed by atoms with Crippen molar-refractivity contribution in [2.45, 2.75) is 26.4 Å². The van der Waals surface area contributed by atoms with Crippen molar-refractivity contribution in [2.75, 3.05) is 32.1 Å². The minimum Gasteiger partial charge on any atom is -0.445 e. The van der Waals surface area contributed by atoms with Crippen molar-refractivity contribution in [3.63, 3.8) is 0 Å². The number of hydrogen-bond acceptors (Lipinski definition) is 3. The molecular formula is C18H25ClN2O3. The molecule has 0 radical (unpaired) electrons. The minimum atomic E-state index is -0.263. The van der Waals surface area contributed by atoms with Gasteiger partial charge >= 0.3 is 6.09 Å². The molecule has 2 amide bonds. The Labute approximate surface area is 148 Å². The number of ether oxygens (including phenoxy) is 1. The van der Waals surface area contributed by atoms with Crippen molar-refractivity contribution in [3.05, 3.63) is 35.9 Å². The van der Waals surface area contributed by atoms with Crippen LogP contribution in [0.5, 0.6) is 0 Å². The number of nitrogens with zero attached hydrogens (tertiary/aromatic N) is 2. The normalized spacial score (nSPS) is 15.2. The first-order valence-electron chi connectivity index (χ1n) is 8.43. The molecule has 0 saturated carbocycles. The molecule has 1 aromatic carbocycles. The van der Waals surface area contributed by atoms with Gasteiger partial charge in [0.05, 0.1) is 0 Å². The second-order valence-electron chi connectivity index (χ2n) is 6.04. The van der Waals surface area contributed by atoms with Crippen LogP contribution in [0.25, 0.3) is 0 Å². The summed E-state index contributed by atoms with van der Waals surface area (Å²) in [6, 6.07) is 9.66. The van der Waals surface area contributed by atoms with Crippen molar-refractivity contribution in [2.24, 2.45) is 5.92 Å². The van der Waals surface area contributed by atoms with E-state index >= 15 is 0 Å². The van der Waals surface area contributed by atoms with E-state index in [1.165, 1.54) is 0 Å². The van der Waals surface area contributed by atoms with Crippen molar-refractivity contribution < 1.29 is 14.3 Å². The lowest BCUT2D eigenvalue weighted by molar-refractivity contribution is -0.129. The Morgan fingerprint density at radius 1 is 1.25 bits per heavy atom. The monoisotopic (exact) mass is 352 g/mol. The van der Waals surface area contributed by atoms with Gasteiger partial charge in [0.15, 0.2) is 0 Å². The van der Waals surface area contributed by atoms with E-state index in [4.69, 9.17) is 16.3 Å². The van der Waals surface area contributed by atoms with E-state index in [1.807, 2.05) is 37.3 Å². The number of carbonyl (C=O) groups is 2. The SMILES string of the molecule is CCN(CC1CCN(C(=O)OCc2ccccc2)CC1)C(=O)CCl. The summed E-state index contributed by atoms with van der Waals surface area (Å²) in [5.74, 6) is 0.414. The van der Waals surface area contributed by atoms with E-state index in [0.717, 1.165) is 24.9 Å². The highest BCUT2D eigenvalue weighted by Crippen LogP contribution is 2.19. The van der Waals surface area contributed by atoms with Crippen molar-refractivity contribution in [3.8, 4) is 0 Å². The van der Waals surface area contributed by atoms with Gasteiger partial charge < -0.3 is 14.5 Å². The Kier molecular flexibility index (Phi) is 7.37. The Bertz CT molecular complexity index is 530. The summed E-state index contributed by atoms with van der Waals surface area (Å²) in [6.45, 7) is 4.99. The average molecular weight is 353 g/mol. The fourth-order valence-electron chi connectivity index (χ4n) is 2.91. The number of amides is 2. The highest BCUT2D eigenvalue weighted by molar-refractivity contribution is 6.27. The molecule has 0 spiro atoms. The fraction of sp³-hybridized carbons (Fsp3) is 0.556. The van der Waals surface area contributed by atoms with Crippen LogP contribution in [-0.2, 0) is 16.1 Å². The second-order valence-corrected chi connectivity index (χ2v) is 6.30. The Hall–Kier alpha value is -1.75. The number of likely N-dealkylation sites (tertiary alicyclic amines) is 1. The van der Waals surface area contributed by atoms with Crippen LogP contribution in [0, 0.1) is 5.92 Å². The molecular weight excluding hydrogens is 328 g/mol. The lowest BCUT2D eigenvalue weighted by Crippen LogP contribution is -2.43. The van der Waals surface area contributed by atoms with E-state index in [2.05, 4.69) is 0 Å². The van der Waals surface area contributed by atoms with E-state index in [1.54, 1.807) is 9.80 Å². The van der Waals surface area contributed by atoms with Crippen molar-refractivity contribution in [1.82, 2.24) is 9.80 Å². The van der Waals surface area contributed by atoms with Gasteiger partial charge in [0.2, 0.25) is 5.91 Å². The number of piperidine rings is 1. The zero-order valence-electron chi connectivity index (χ0n) is 14.1. The molecule has 24 heavy (non-hydrogen) atoms. The van der Waals surface area contributed by atoms with Gasteiger partial charge in [-0.1, -0.05) is 30.3 Å². The number of hydrogen-bond donors (Lipinski definition) is 0. The summed E-state index contributed by atoms with van der Waals surface area (Å²) < 4.78 is 5.37. The fourth-order valence-corrected chi connectivity index (χ4v) is 3.08. The van der Waals surface area contributed by atoms with Crippen molar-refractivity contribution >= 4 is 23.6 Å². The first-order valence-corrected chi connectivity index (χ1v) is 8.96. The number of rotatable bonds is 6. The number of alkyl halides is 1. The number of benzene rings is 1. The van der Waals surface area contributed by atoms with Crippen LogP contribution in [0.15, 0.2) is 30.3 Å². The maximum Gasteiger partial charge on any atom is 0.410 e. The van der Waals surface area contributed by atoms with Gasteiger partial charge in [0.25, 0.3) is 0 Å². The minimum absolute atomic E-state index is 0.0242. The molecule has 0 unspecified atom stereocenters. The van der Waals surface area contributed by atoms with E-state index in [-0.39, 0.29) is 17.9 Å². The van der Waals surface area contributed by atoms with Gasteiger partial charge in [0.1, 0.15) is 12.5 Å². The summed E-state index contributed by atoms with van der Waals surface area (Å²) >= 11 is 5.63. The quantitative estimate of drug-likeness (QED) is 0.739. The van der Waals surface area contributed by atoms with Crippen LogP contribution < -0.4 is 0 Å². The number of carbonyl (C=O) groups excluding carboxylic acids is 2. The summed E-state index contributed by atoms with van der Waals surface area (Å²) in [5, 5.41) is 0. The van der Waals surface area contributed by atoms with Crippen LogP contribution in [0.4, 0.5) is 4.79 Å². The molecule has 132 valence electrons. The Morgan fingerprint density at radius 2 is 1.92 bits per heavy atom. The summed E-state index contributed by atoms with van der Waals surface area (Å²) in [4.78, 5) is 27.4. The van der Waals surface area contributed by atoms with Gasteiger partial charge in [-0.15, -0.1) is 11.6 Å². The maximum atomic E-state index is 12.1. The predicted molar refractivity (Wildman–Crippen MR) is 93.9 cm³/mol. The molecule has 0 aromatic heterocycles. The molecule has 1 aromatic rings. The van der Waals surface area contributed by atoms with Gasteiger partial charge in [-0.2, -0.15) is 0 Å². The maximum absolute atomic E-state index is 12.1. The second kappa shape index (κ2) is 9.52. The Morgan fingerprint density at radius 3 is 2.50 bits per heavy atom. The summed E-state index contributed by atoms with van der Waals surface area (Å²) in [7, 11) is 0. The topological polar surface area (TPSA) is 49.9 Å². The zero-order chi connectivity index (χ0) is 17.4. The molecule has 5 nitrogen and oxygen atoms in total. The smallest absolute Gasteiger partial charge is 0.410 e. The lowest BCUT2D eigenvalue weighted by atomic mass is 9.96. The summed E-state index contributed by atoms with van der Waals surface area (Å²) in [6.07, 6.45) is 1.50. The predicted octanol–water partition coefficient (Wildman–Crippen LogP) is 3.12. The molecule has 1 fully saturated rings. The Balaban J connectivity index is 1.73. The summed E-state index contributed by atoms with van der Waals surface area (Å²) in [5.41, 5.74) is 0.985. The van der Waals surface area contributed by atoms with Crippen LogP contribution >= 0.6 is 11.6 Å². The molecule has 6 heteroatoms. The first kappa shape index (κ1) is 18.6. The molecule has 1 saturated heterocycles. The van der Waals surface area contributed by atoms with Crippen LogP contribution in [-0.4, -0.2) is 53.9 Å².